The first-order chi connectivity index (χ1) is 7.93. The van der Waals surface area contributed by atoms with E-state index in [2.05, 4.69) is 25.3 Å². The number of hydrogen-bond acceptors (Lipinski definition) is 3. The fraction of sp³-hybridized carbons (Fsp3) is 0.455. The first-order valence-corrected chi connectivity index (χ1v) is 5.68. The van der Waals surface area contributed by atoms with Crippen molar-refractivity contribution in [2.24, 2.45) is 0 Å². The number of imidazole rings is 2. The summed E-state index contributed by atoms with van der Waals surface area (Å²) in [6, 6.07) is 0.637. The highest BCUT2D eigenvalue weighted by Crippen LogP contribution is 2.29. The van der Waals surface area contributed by atoms with Crippen LogP contribution in [0.1, 0.15) is 43.0 Å². The highest BCUT2D eigenvalue weighted by molar-refractivity contribution is 5.03. The minimum absolute atomic E-state index is 0.318. The number of aromatic nitrogens is 4. The van der Waals surface area contributed by atoms with Gasteiger partial charge in [0.05, 0.1) is 12.1 Å². The Hall–Kier alpha value is -1.62. The summed E-state index contributed by atoms with van der Waals surface area (Å²) in [4.78, 5) is 15.0. The predicted molar refractivity (Wildman–Crippen MR) is 59.6 cm³/mol. The SMILES string of the molecule is c1c[nH]c(C2CCCC(c3ncc[nH]3)N2)n1. The number of nitrogens with one attached hydrogen (secondary N) is 3. The van der Waals surface area contributed by atoms with E-state index in [0.717, 1.165) is 24.5 Å². The molecule has 1 aliphatic rings. The summed E-state index contributed by atoms with van der Waals surface area (Å²) in [6.45, 7) is 0. The van der Waals surface area contributed by atoms with Gasteiger partial charge in [-0.1, -0.05) is 0 Å². The minimum atomic E-state index is 0.318. The second-order valence-electron chi connectivity index (χ2n) is 4.15. The Morgan fingerprint density at radius 1 is 0.938 bits per heavy atom. The van der Waals surface area contributed by atoms with Gasteiger partial charge in [-0.2, -0.15) is 0 Å². The van der Waals surface area contributed by atoms with E-state index in [4.69, 9.17) is 0 Å². The van der Waals surface area contributed by atoms with Crippen molar-refractivity contribution in [2.45, 2.75) is 31.3 Å². The second kappa shape index (κ2) is 4.09. The molecule has 0 spiro atoms. The zero-order valence-corrected chi connectivity index (χ0v) is 8.98. The third kappa shape index (κ3) is 1.74. The summed E-state index contributed by atoms with van der Waals surface area (Å²) in [7, 11) is 0. The van der Waals surface area contributed by atoms with Gasteiger partial charge in [0.2, 0.25) is 0 Å². The molecular weight excluding hydrogens is 202 g/mol. The monoisotopic (exact) mass is 217 g/mol. The van der Waals surface area contributed by atoms with E-state index in [0.29, 0.717) is 12.1 Å². The Kier molecular flexibility index (Phi) is 2.46. The van der Waals surface area contributed by atoms with Crippen molar-refractivity contribution in [3.05, 3.63) is 36.4 Å². The first-order valence-electron chi connectivity index (χ1n) is 5.68. The van der Waals surface area contributed by atoms with Crippen LogP contribution in [-0.4, -0.2) is 19.9 Å². The van der Waals surface area contributed by atoms with Gasteiger partial charge in [-0.3, -0.25) is 5.32 Å². The van der Waals surface area contributed by atoms with Crippen molar-refractivity contribution < 1.29 is 0 Å². The van der Waals surface area contributed by atoms with Gasteiger partial charge in [-0.05, 0) is 19.3 Å². The van der Waals surface area contributed by atoms with Gasteiger partial charge in [-0.15, -0.1) is 0 Å². The van der Waals surface area contributed by atoms with E-state index in [1.165, 1.54) is 6.42 Å². The summed E-state index contributed by atoms with van der Waals surface area (Å²) in [5, 5.41) is 3.57. The summed E-state index contributed by atoms with van der Waals surface area (Å²) < 4.78 is 0. The van der Waals surface area contributed by atoms with Crippen LogP contribution in [-0.2, 0) is 0 Å². The number of hydrogen-bond donors (Lipinski definition) is 3. The van der Waals surface area contributed by atoms with E-state index in [1.807, 2.05) is 12.4 Å². The molecule has 3 rings (SSSR count). The zero-order valence-electron chi connectivity index (χ0n) is 8.98. The van der Waals surface area contributed by atoms with E-state index in [9.17, 15) is 0 Å². The van der Waals surface area contributed by atoms with Gasteiger partial charge in [0, 0.05) is 24.8 Å². The number of piperidine rings is 1. The van der Waals surface area contributed by atoms with Gasteiger partial charge in [0.1, 0.15) is 11.6 Å². The molecule has 5 heteroatoms. The van der Waals surface area contributed by atoms with Crippen LogP contribution >= 0.6 is 0 Å². The summed E-state index contributed by atoms with van der Waals surface area (Å²) >= 11 is 0. The van der Waals surface area contributed by atoms with Crippen LogP contribution in [0.25, 0.3) is 0 Å². The molecular formula is C11H15N5. The zero-order chi connectivity index (χ0) is 10.8. The fourth-order valence-electron chi connectivity index (χ4n) is 2.30. The van der Waals surface area contributed by atoms with Crippen molar-refractivity contribution in [3.8, 4) is 0 Å². The second-order valence-corrected chi connectivity index (χ2v) is 4.15. The van der Waals surface area contributed by atoms with Gasteiger partial charge in [-0.25, -0.2) is 9.97 Å². The standard InChI is InChI=1S/C11H15N5/c1-2-8(10-12-4-5-13-10)16-9(3-1)11-14-6-7-15-11/h4-9,16H,1-3H2,(H,12,13)(H,14,15). The Labute approximate surface area is 93.7 Å². The van der Waals surface area contributed by atoms with Crippen LogP contribution in [0.2, 0.25) is 0 Å². The summed E-state index contributed by atoms with van der Waals surface area (Å²) in [5.41, 5.74) is 0. The van der Waals surface area contributed by atoms with Gasteiger partial charge in [0.25, 0.3) is 0 Å². The van der Waals surface area contributed by atoms with Crippen molar-refractivity contribution in [2.75, 3.05) is 0 Å². The molecule has 3 N–H and O–H groups in total. The molecule has 0 amide bonds. The molecule has 3 heterocycles. The number of nitrogens with zero attached hydrogens (tertiary/aromatic N) is 2. The third-order valence-corrected chi connectivity index (χ3v) is 3.09. The normalized spacial score (nSPS) is 25.8. The molecule has 0 aromatic carbocycles. The third-order valence-electron chi connectivity index (χ3n) is 3.09. The van der Waals surface area contributed by atoms with Crippen molar-refractivity contribution in [1.29, 1.82) is 0 Å². The van der Waals surface area contributed by atoms with Crippen molar-refractivity contribution in [1.82, 2.24) is 25.3 Å². The number of aromatic amines is 2. The fourth-order valence-corrected chi connectivity index (χ4v) is 2.30. The summed E-state index contributed by atoms with van der Waals surface area (Å²) in [6.07, 6.45) is 10.8. The van der Waals surface area contributed by atoms with Crippen LogP contribution in [0.4, 0.5) is 0 Å². The average molecular weight is 217 g/mol. The van der Waals surface area contributed by atoms with Crippen LogP contribution < -0.4 is 5.32 Å². The largest absolute Gasteiger partial charge is 0.347 e. The molecule has 2 unspecified atom stereocenters. The Bertz CT molecular complexity index is 379. The first kappa shape index (κ1) is 9.59. The molecule has 0 saturated carbocycles. The molecule has 0 radical (unpaired) electrons. The molecule has 16 heavy (non-hydrogen) atoms. The van der Waals surface area contributed by atoms with E-state index < -0.39 is 0 Å². The Morgan fingerprint density at radius 3 is 1.94 bits per heavy atom. The maximum absolute atomic E-state index is 4.31. The summed E-state index contributed by atoms with van der Waals surface area (Å²) in [5.74, 6) is 2.05. The minimum Gasteiger partial charge on any atom is -0.347 e. The Balaban J connectivity index is 1.75. The molecule has 0 bridgehead atoms. The molecule has 0 aliphatic carbocycles. The lowest BCUT2D eigenvalue weighted by Crippen LogP contribution is -2.32. The number of rotatable bonds is 2. The topological polar surface area (TPSA) is 69.4 Å². The Morgan fingerprint density at radius 2 is 1.50 bits per heavy atom. The smallest absolute Gasteiger partial charge is 0.123 e. The molecule has 1 fully saturated rings. The quantitative estimate of drug-likeness (QED) is 0.717. The molecule has 84 valence electrons. The van der Waals surface area contributed by atoms with E-state index in [-0.39, 0.29) is 0 Å². The van der Waals surface area contributed by atoms with Gasteiger partial charge in [0.15, 0.2) is 0 Å². The molecule has 2 aromatic heterocycles. The highest BCUT2D eigenvalue weighted by Gasteiger charge is 2.25. The lowest BCUT2D eigenvalue weighted by atomic mass is 9.98. The van der Waals surface area contributed by atoms with Crippen LogP contribution in [0.15, 0.2) is 24.8 Å². The molecule has 1 saturated heterocycles. The molecule has 2 atom stereocenters. The van der Waals surface area contributed by atoms with Gasteiger partial charge < -0.3 is 9.97 Å². The molecule has 2 aromatic rings. The highest BCUT2D eigenvalue weighted by atomic mass is 15.1. The van der Waals surface area contributed by atoms with Crippen molar-refractivity contribution >= 4 is 0 Å². The lowest BCUT2D eigenvalue weighted by Gasteiger charge is -2.28. The number of H-pyrrole nitrogens is 2. The van der Waals surface area contributed by atoms with E-state index >= 15 is 0 Å². The van der Waals surface area contributed by atoms with Crippen LogP contribution in [0.3, 0.4) is 0 Å². The maximum Gasteiger partial charge on any atom is 0.123 e. The van der Waals surface area contributed by atoms with Gasteiger partial charge >= 0.3 is 0 Å². The molecule has 1 aliphatic heterocycles. The van der Waals surface area contributed by atoms with Crippen LogP contribution in [0, 0.1) is 0 Å². The lowest BCUT2D eigenvalue weighted by molar-refractivity contribution is 0.313. The predicted octanol–water partition coefficient (Wildman–Crippen LogP) is 1.69. The van der Waals surface area contributed by atoms with Crippen LogP contribution in [0.5, 0.6) is 0 Å². The average Bonchev–Trinajstić information content (AvgIpc) is 3.03. The molecule has 5 nitrogen and oxygen atoms in total. The van der Waals surface area contributed by atoms with Crippen molar-refractivity contribution in [3.63, 3.8) is 0 Å². The maximum atomic E-state index is 4.31. The van der Waals surface area contributed by atoms with E-state index in [1.54, 1.807) is 12.4 Å².